The second-order valence-electron chi connectivity index (χ2n) is 9.29. The van der Waals surface area contributed by atoms with Gasteiger partial charge in [0.2, 0.25) is 5.95 Å². The number of hydrogen-bond acceptors (Lipinski definition) is 6. The molecular formula is C23H25F2N7O. The molecule has 172 valence electrons. The van der Waals surface area contributed by atoms with Crippen LogP contribution in [0.3, 0.4) is 0 Å². The fourth-order valence-electron chi connectivity index (χ4n) is 5.13. The summed E-state index contributed by atoms with van der Waals surface area (Å²) in [6, 6.07) is 4.07. The number of anilines is 1. The molecule has 0 amide bonds. The molecule has 33 heavy (non-hydrogen) atoms. The Hall–Kier alpha value is -3.14. The lowest BCUT2D eigenvalue weighted by molar-refractivity contribution is -0.103. The number of alkyl halides is 2. The maximum atomic E-state index is 13.5. The molecule has 0 radical (unpaired) electrons. The summed E-state index contributed by atoms with van der Waals surface area (Å²) in [5, 5.41) is 8.00. The topological polar surface area (TPSA) is 82.2 Å². The fraction of sp³-hybridized carbons (Fsp3) is 0.478. The minimum absolute atomic E-state index is 0.157. The lowest BCUT2D eigenvalue weighted by atomic mass is 9.81. The highest BCUT2D eigenvalue weighted by atomic mass is 19.3. The van der Waals surface area contributed by atoms with Crippen molar-refractivity contribution in [3.8, 4) is 11.1 Å². The van der Waals surface area contributed by atoms with Crippen molar-refractivity contribution in [1.82, 2.24) is 29.1 Å². The van der Waals surface area contributed by atoms with E-state index in [9.17, 15) is 8.78 Å². The molecule has 0 unspecified atom stereocenters. The second-order valence-corrected chi connectivity index (χ2v) is 9.29. The minimum atomic E-state index is -2.59. The molecule has 0 bridgehead atoms. The zero-order valence-electron chi connectivity index (χ0n) is 18.5. The van der Waals surface area contributed by atoms with Gasteiger partial charge in [0.15, 0.2) is 5.65 Å². The average Bonchev–Trinajstić information content (AvgIpc) is 3.29. The maximum absolute atomic E-state index is 13.5. The van der Waals surface area contributed by atoms with E-state index in [2.05, 4.69) is 25.4 Å². The Morgan fingerprint density at radius 1 is 1.18 bits per heavy atom. The van der Waals surface area contributed by atoms with E-state index in [4.69, 9.17) is 4.74 Å². The van der Waals surface area contributed by atoms with E-state index in [0.29, 0.717) is 29.4 Å². The molecule has 8 nitrogen and oxygen atoms in total. The van der Waals surface area contributed by atoms with Crippen LogP contribution in [0.5, 0.6) is 0 Å². The third-order valence-electron chi connectivity index (χ3n) is 6.86. The van der Waals surface area contributed by atoms with Crippen molar-refractivity contribution in [2.24, 2.45) is 5.92 Å². The second kappa shape index (κ2) is 7.44. The van der Waals surface area contributed by atoms with E-state index in [-0.39, 0.29) is 18.9 Å². The maximum Gasteiger partial charge on any atom is 0.252 e. The highest BCUT2D eigenvalue weighted by Gasteiger charge is 2.47. The van der Waals surface area contributed by atoms with Gasteiger partial charge in [0.05, 0.1) is 17.2 Å². The number of pyridine rings is 1. The Balaban J connectivity index is 1.28. The van der Waals surface area contributed by atoms with Crippen molar-refractivity contribution in [2.45, 2.75) is 50.6 Å². The summed E-state index contributed by atoms with van der Waals surface area (Å²) in [4.78, 5) is 13.5. The standard InChI is InChI=1S/C23H25F2N7O/c1-13-28-21-19(32(13)17-8-23(24,25)9-17)7-15(10-26-21)18-3-4-31-20(18)11-27-22(30-31)29-16-5-14(6-16)12-33-2/h3-4,7,10-11,14,16-17H,5-6,8-9,12H2,1-2H3,(H,29,30)/t14-,16-. The van der Waals surface area contributed by atoms with E-state index in [0.717, 1.165) is 41.6 Å². The monoisotopic (exact) mass is 453 g/mol. The number of nitrogens with one attached hydrogen (secondary N) is 1. The molecule has 2 saturated carbocycles. The van der Waals surface area contributed by atoms with Gasteiger partial charge in [-0.1, -0.05) is 0 Å². The number of aromatic nitrogens is 6. The molecule has 4 aromatic rings. The molecule has 10 heteroatoms. The first-order valence-electron chi connectivity index (χ1n) is 11.2. The van der Waals surface area contributed by atoms with Gasteiger partial charge in [0, 0.05) is 62.2 Å². The number of fused-ring (bicyclic) bond motifs is 2. The van der Waals surface area contributed by atoms with Crippen LogP contribution in [0, 0.1) is 12.8 Å². The molecule has 2 aliphatic carbocycles. The van der Waals surface area contributed by atoms with Crippen LogP contribution in [0.2, 0.25) is 0 Å². The van der Waals surface area contributed by atoms with Gasteiger partial charge in [-0.15, -0.1) is 5.10 Å². The van der Waals surface area contributed by atoms with E-state index in [1.165, 1.54) is 0 Å². The number of aryl methyl sites for hydroxylation is 1. The third kappa shape index (κ3) is 3.52. The summed E-state index contributed by atoms with van der Waals surface area (Å²) < 4.78 is 35.9. The summed E-state index contributed by atoms with van der Waals surface area (Å²) in [5.41, 5.74) is 4.02. The summed E-state index contributed by atoms with van der Waals surface area (Å²) in [7, 11) is 1.73. The number of rotatable bonds is 6. The highest BCUT2D eigenvalue weighted by molar-refractivity contribution is 5.85. The van der Waals surface area contributed by atoms with E-state index < -0.39 is 5.92 Å². The molecule has 1 N–H and O–H groups in total. The minimum Gasteiger partial charge on any atom is -0.384 e. The van der Waals surface area contributed by atoms with Crippen LogP contribution in [-0.4, -0.2) is 54.8 Å². The predicted octanol–water partition coefficient (Wildman–Crippen LogP) is 4.26. The Morgan fingerprint density at radius 3 is 2.76 bits per heavy atom. The van der Waals surface area contributed by atoms with Gasteiger partial charge in [-0.2, -0.15) is 0 Å². The van der Waals surface area contributed by atoms with Crippen molar-refractivity contribution in [2.75, 3.05) is 19.0 Å². The number of imidazole rings is 1. The number of ether oxygens (including phenoxy) is 1. The van der Waals surface area contributed by atoms with Gasteiger partial charge in [0.1, 0.15) is 5.82 Å². The predicted molar refractivity (Wildman–Crippen MR) is 119 cm³/mol. The van der Waals surface area contributed by atoms with Crippen LogP contribution >= 0.6 is 0 Å². The molecule has 0 spiro atoms. The van der Waals surface area contributed by atoms with Gasteiger partial charge >= 0.3 is 0 Å². The summed E-state index contributed by atoms with van der Waals surface area (Å²) >= 11 is 0. The Bertz CT molecular complexity index is 1330. The van der Waals surface area contributed by atoms with E-state index in [1.807, 2.05) is 29.8 Å². The van der Waals surface area contributed by atoms with Crippen molar-refractivity contribution in [3.05, 3.63) is 36.5 Å². The molecule has 2 fully saturated rings. The van der Waals surface area contributed by atoms with E-state index >= 15 is 0 Å². The normalized spacial score (nSPS) is 22.4. The molecule has 0 saturated heterocycles. The van der Waals surface area contributed by atoms with Gasteiger partial charge in [0.25, 0.3) is 5.92 Å². The molecule has 0 aromatic carbocycles. The highest BCUT2D eigenvalue weighted by Crippen LogP contribution is 2.47. The van der Waals surface area contributed by atoms with Crippen LogP contribution in [0.25, 0.3) is 27.8 Å². The first-order chi connectivity index (χ1) is 15.9. The first kappa shape index (κ1) is 20.5. The lowest BCUT2D eigenvalue weighted by Gasteiger charge is -2.36. The fourth-order valence-corrected chi connectivity index (χ4v) is 5.13. The molecular weight excluding hydrogens is 428 g/mol. The van der Waals surface area contributed by atoms with Gasteiger partial charge in [-0.05, 0) is 37.8 Å². The Labute approximate surface area is 189 Å². The van der Waals surface area contributed by atoms with Crippen LogP contribution in [0.15, 0.2) is 30.7 Å². The number of halogens is 2. The first-order valence-corrected chi connectivity index (χ1v) is 11.2. The summed E-state index contributed by atoms with van der Waals surface area (Å²) in [6.45, 7) is 2.63. The van der Waals surface area contributed by atoms with Crippen LogP contribution < -0.4 is 5.32 Å². The van der Waals surface area contributed by atoms with Crippen molar-refractivity contribution in [3.63, 3.8) is 0 Å². The third-order valence-corrected chi connectivity index (χ3v) is 6.86. The molecule has 0 atom stereocenters. The number of hydrogen-bond donors (Lipinski definition) is 1. The largest absolute Gasteiger partial charge is 0.384 e. The van der Waals surface area contributed by atoms with Crippen molar-refractivity contribution < 1.29 is 13.5 Å². The van der Waals surface area contributed by atoms with Gasteiger partial charge in [-0.25, -0.2) is 28.2 Å². The quantitative estimate of drug-likeness (QED) is 0.470. The molecule has 2 aliphatic rings. The van der Waals surface area contributed by atoms with Crippen molar-refractivity contribution >= 4 is 22.6 Å². The smallest absolute Gasteiger partial charge is 0.252 e. The van der Waals surface area contributed by atoms with Crippen LogP contribution in [0.4, 0.5) is 14.7 Å². The van der Waals surface area contributed by atoms with Crippen LogP contribution in [0.1, 0.15) is 37.5 Å². The number of methoxy groups -OCH3 is 1. The van der Waals surface area contributed by atoms with Crippen LogP contribution in [-0.2, 0) is 4.74 Å². The zero-order chi connectivity index (χ0) is 22.7. The number of nitrogens with zero attached hydrogens (tertiary/aromatic N) is 6. The zero-order valence-corrected chi connectivity index (χ0v) is 18.5. The van der Waals surface area contributed by atoms with Crippen molar-refractivity contribution in [1.29, 1.82) is 0 Å². The molecule has 4 aromatic heterocycles. The molecule has 6 rings (SSSR count). The summed E-state index contributed by atoms with van der Waals surface area (Å²) in [5.74, 6) is -0.691. The lowest BCUT2D eigenvalue weighted by Crippen LogP contribution is -2.38. The Kier molecular flexibility index (Phi) is 4.62. The Morgan fingerprint density at radius 2 is 2.00 bits per heavy atom. The summed E-state index contributed by atoms with van der Waals surface area (Å²) in [6.07, 6.45) is 7.25. The van der Waals surface area contributed by atoms with Gasteiger partial charge < -0.3 is 14.6 Å². The molecule has 4 heterocycles. The molecule has 0 aliphatic heterocycles. The SMILES string of the molecule is COC[C@H]1C[C@H](Nc2ncc3c(-c4cnc5nc(C)n(C6CC(F)(F)C6)c5c4)ccn3n2)C1. The van der Waals surface area contributed by atoms with Gasteiger partial charge in [-0.3, -0.25) is 0 Å². The van der Waals surface area contributed by atoms with E-state index in [1.54, 1.807) is 24.0 Å². The average molecular weight is 453 g/mol.